The summed E-state index contributed by atoms with van der Waals surface area (Å²) in [6.07, 6.45) is -2.53. The number of rotatable bonds is 4. The highest BCUT2D eigenvalue weighted by atomic mass is 32.1. The Labute approximate surface area is 108 Å². The second kappa shape index (κ2) is 5.35. The molecule has 0 unspecified atom stereocenters. The number of thiophene rings is 1. The molecule has 2 rings (SSSR count). The number of anilines is 2. The Kier molecular flexibility index (Phi) is 3.81. The Hall–Kier alpha value is -1.62. The quantitative estimate of drug-likeness (QED) is 0.816. The zero-order valence-electron chi connectivity index (χ0n) is 9.91. The maximum atomic E-state index is 12.8. The minimum absolute atomic E-state index is 0.0525. The van der Waals surface area contributed by atoms with Gasteiger partial charge in [-0.25, -0.2) is 8.78 Å². The molecule has 3 N–H and O–H groups in total. The molecule has 5 heteroatoms. The van der Waals surface area contributed by atoms with Crippen molar-refractivity contribution in [2.24, 2.45) is 0 Å². The van der Waals surface area contributed by atoms with E-state index < -0.39 is 6.43 Å². The zero-order valence-corrected chi connectivity index (χ0v) is 10.7. The van der Waals surface area contributed by atoms with Crippen molar-refractivity contribution in [3.8, 4) is 0 Å². The second-order valence-electron chi connectivity index (χ2n) is 4.01. The summed E-state index contributed by atoms with van der Waals surface area (Å²) in [7, 11) is 0. The van der Waals surface area contributed by atoms with E-state index in [1.807, 2.05) is 19.1 Å². The Balaban J connectivity index is 2.13. The van der Waals surface area contributed by atoms with Crippen LogP contribution in [-0.4, -0.2) is 0 Å². The molecule has 0 saturated heterocycles. The highest BCUT2D eigenvalue weighted by molar-refractivity contribution is 7.11. The van der Waals surface area contributed by atoms with Gasteiger partial charge >= 0.3 is 0 Å². The number of halogens is 2. The molecule has 1 aromatic carbocycles. The molecule has 18 heavy (non-hydrogen) atoms. The second-order valence-corrected chi connectivity index (χ2v) is 5.39. The van der Waals surface area contributed by atoms with Crippen LogP contribution in [0, 0.1) is 6.92 Å². The monoisotopic (exact) mass is 268 g/mol. The van der Waals surface area contributed by atoms with Gasteiger partial charge in [0.15, 0.2) is 0 Å². The lowest BCUT2D eigenvalue weighted by molar-refractivity contribution is 0.152. The number of hydrogen-bond acceptors (Lipinski definition) is 3. The molecule has 2 aromatic rings. The van der Waals surface area contributed by atoms with E-state index >= 15 is 0 Å². The van der Waals surface area contributed by atoms with Gasteiger partial charge in [0.05, 0.1) is 0 Å². The lowest BCUT2D eigenvalue weighted by Crippen LogP contribution is -2.02. The third-order valence-corrected chi connectivity index (χ3v) is 3.56. The van der Waals surface area contributed by atoms with Crippen LogP contribution in [0.25, 0.3) is 0 Å². The van der Waals surface area contributed by atoms with E-state index in [1.54, 1.807) is 23.5 Å². The number of hydrogen-bond donors (Lipinski definition) is 2. The number of benzene rings is 1. The number of alkyl halides is 2. The lowest BCUT2D eigenvalue weighted by Gasteiger charge is -2.11. The van der Waals surface area contributed by atoms with Crippen molar-refractivity contribution < 1.29 is 8.78 Å². The van der Waals surface area contributed by atoms with Gasteiger partial charge in [-0.1, -0.05) is 0 Å². The van der Waals surface area contributed by atoms with Gasteiger partial charge < -0.3 is 11.1 Å². The molecule has 0 spiro atoms. The first-order valence-corrected chi connectivity index (χ1v) is 6.34. The molecule has 1 heterocycles. The van der Waals surface area contributed by atoms with Crippen LogP contribution < -0.4 is 11.1 Å². The fourth-order valence-corrected chi connectivity index (χ4v) is 2.52. The molecule has 0 saturated carbocycles. The maximum Gasteiger partial charge on any atom is 0.265 e. The fraction of sp³-hybridized carbons (Fsp3) is 0.231. The molecular weight excluding hydrogens is 254 g/mol. The molecule has 0 bridgehead atoms. The average molecular weight is 268 g/mol. The van der Waals surface area contributed by atoms with Gasteiger partial charge in [-0.2, -0.15) is 0 Å². The van der Waals surface area contributed by atoms with Gasteiger partial charge in [-0.05, 0) is 37.3 Å². The topological polar surface area (TPSA) is 38.0 Å². The van der Waals surface area contributed by atoms with E-state index in [4.69, 9.17) is 5.73 Å². The largest absolute Gasteiger partial charge is 0.399 e. The standard InChI is InChI=1S/C13H14F2N2S/c1-8-2-4-10(18-8)7-17-12-5-3-9(16)6-11(12)13(14)15/h2-6,13,17H,7,16H2,1H3. The lowest BCUT2D eigenvalue weighted by atomic mass is 10.1. The summed E-state index contributed by atoms with van der Waals surface area (Å²) in [6, 6.07) is 8.53. The third-order valence-electron chi connectivity index (χ3n) is 2.56. The molecule has 0 aliphatic heterocycles. The van der Waals surface area contributed by atoms with Gasteiger partial charge in [0.1, 0.15) is 0 Å². The Bertz CT molecular complexity index is 538. The van der Waals surface area contributed by atoms with Crippen LogP contribution in [0.4, 0.5) is 20.2 Å². The van der Waals surface area contributed by atoms with E-state index in [0.717, 1.165) is 4.88 Å². The Morgan fingerprint density at radius 1 is 1.28 bits per heavy atom. The van der Waals surface area contributed by atoms with Gasteiger partial charge in [0.25, 0.3) is 6.43 Å². The number of nitrogens with two attached hydrogens (primary N) is 1. The van der Waals surface area contributed by atoms with E-state index in [9.17, 15) is 8.78 Å². The van der Waals surface area contributed by atoms with Gasteiger partial charge in [-0.15, -0.1) is 11.3 Å². The highest BCUT2D eigenvalue weighted by Crippen LogP contribution is 2.29. The van der Waals surface area contributed by atoms with Crippen LogP contribution in [0.3, 0.4) is 0 Å². The van der Waals surface area contributed by atoms with Crippen LogP contribution in [0.15, 0.2) is 30.3 Å². The van der Waals surface area contributed by atoms with Crippen LogP contribution in [0.5, 0.6) is 0 Å². The van der Waals surface area contributed by atoms with Crippen molar-refractivity contribution in [3.63, 3.8) is 0 Å². The molecular formula is C13H14F2N2S. The summed E-state index contributed by atoms with van der Waals surface area (Å²) >= 11 is 1.65. The molecule has 0 aliphatic carbocycles. The van der Waals surface area contributed by atoms with Crippen LogP contribution in [0.2, 0.25) is 0 Å². The highest BCUT2D eigenvalue weighted by Gasteiger charge is 2.13. The van der Waals surface area contributed by atoms with Gasteiger partial charge in [-0.3, -0.25) is 0 Å². The van der Waals surface area contributed by atoms with Crippen molar-refractivity contribution in [2.75, 3.05) is 11.1 Å². The summed E-state index contributed by atoms with van der Waals surface area (Å²) in [4.78, 5) is 2.32. The molecule has 0 radical (unpaired) electrons. The number of aryl methyl sites for hydroxylation is 1. The summed E-state index contributed by atoms with van der Waals surface area (Å²) in [5.74, 6) is 0. The molecule has 96 valence electrons. The Morgan fingerprint density at radius 2 is 2.06 bits per heavy atom. The minimum atomic E-state index is -2.53. The minimum Gasteiger partial charge on any atom is -0.399 e. The smallest absolute Gasteiger partial charge is 0.265 e. The van der Waals surface area contributed by atoms with Gasteiger partial charge in [0.2, 0.25) is 0 Å². The maximum absolute atomic E-state index is 12.8. The first-order valence-electron chi connectivity index (χ1n) is 5.53. The van der Waals surface area contributed by atoms with Crippen LogP contribution in [-0.2, 0) is 6.54 Å². The van der Waals surface area contributed by atoms with Crippen molar-refractivity contribution in [2.45, 2.75) is 19.9 Å². The first kappa shape index (κ1) is 12.8. The zero-order chi connectivity index (χ0) is 13.1. The summed E-state index contributed by atoms with van der Waals surface area (Å²) < 4.78 is 25.7. The SMILES string of the molecule is Cc1ccc(CNc2ccc(N)cc2C(F)F)s1. The van der Waals surface area contributed by atoms with E-state index in [-0.39, 0.29) is 5.56 Å². The molecule has 0 atom stereocenters. The predicted octanol–water partition coefficient (Wildman–Crippen LogP) is 4.19. The molecule has 2 nitrogen and oxygen atoms in total. The summed E-state index contributed by atoms with van der Waals surface area (Å²) in [5, 5.41) is 3.03. The Morgan fingerprint density at radius 3 is 2.67 bits per heavy atom. The number of nitrogens with one attached hydrogen (secondary N) is 1. The number of nitrogen functional groups attached to an aromatic ring is 1. The first-order chi connectivity index (χ1) is 8.56. The van der Waals surface area contributed by atoms with Gasteiger partial charge in [0, 0.05) is 33.2 Å². The van der Waals surface area contributed by atoms with Crippen LogP contribution in [0.1, 0.15) is 21.7 Å². The molecule has 1 aromatic heterocycles. The fourth-order valence-electron chi connectivity index (χ4n) is 1.69. The van der Waals surface area contributed by atoms with E-state index in [0.29, 0.717) is 17.9 Å². The molecule has 0 aliphatic rings. The molecule has 0 fully saturated rings. The summed E-state index contributed by atoms with van der Waals surface area (Å²) in [5.41, 5.74) is 6.25. The van der Waals surface area contributed by atoms with E-state index in [2.05, 4.69) is 5.32 Å². The van der Waals surface area contributed by atoms with Crippen molar-refractivity contribution in [1.82, 2.24) is 0 Å². The normalized spacial score (nSPS) is 10.9. The summed E-state index contributed by atoms with van der Waals surface area (Å²) in [6.45, 7) is 2.56. The molecule has 0 amide bonds. The predicted molar refractivity (Wildman–Crippen MR) is 72.2 cm³/mol. The van der Waals surface area contributed by atoms with Crippen molar-refractivity contribution in [3.05, 3.63) is 45.6 Å². The average Bonchev–Trinajstić information content (AvgIpc) is 2.73. The van der Waals surface area contributed by atoms with E-state index in [1.165, 1.54) is 10.9 Å². The van der Waals surface area contributed by atoms with Crippen LogP contribution >= 0.6 is 11.3 Å². The van der Waals surface area contributed by atoms with Crippen molar-refractivity contribution in [1.29, 1.82) is 0 Å². The third kappa shape index (κ3) is 2.98. The van der Waals surface area contributed by atoms with Crippen molar-refractivity contribution >= 4 is 22.7 Å².